The molecule has 0 atom stereocenters. The number of fused-ring (bicyclic) bond motifs is 1. The van der Waals surface area contributed by atoms with Gasteiger partial charge < -0.3 is 15.4 Å². The SMILES string of the molecule is O=C(NCc1ccc(CO)cc1)c1ccc2[nH]ccc2c1. The summed E-state index contributed by atoms with van der Waals surface area (Å²) in [4.78, 5) is 15.2. The van der Waals surface area contributed by atoms with Crippen molar-refractivity contribution in [2.45, 2.75) is 13.2 Å². The molecule has 3 aromatic rings. The zero-order valence-corrected chi connectivity index (χ0v) is 11.5. The standard InChI is InChI=1S/C17H16N2O2/c20-11-13-3-1-12(2-4-13)10-19-17(21)15-5-6-16-14(9-15)7-8-18-16/h1-9,18,20H,10-11H2,(H,19,21). The van der Waals surface area contributed by atoms with Crippen molar-refractivity contribution in [1.29, 1.82) is 0 Å². The highest BCUT2D eigenvalue weighted by molar-refractivity contribution is 5.98. The molecule has 0 aliphatic heterocycles. The minimum Gasteiger partial charge on any atom is -0.392 e. The predicted octanol–water partition coefficient (Wildman–Crippen LogP) is 2.59. The fourth-order valence-electron chi connectivity index (χ4n) is 2.24. The first-order valence-corrected chi connectivity index (χ1v) is 6.80. The Balaban J connectivity index is 1.67. The van der Waals surface area contributed by atoms with Crippen LogP contribution in [0.4, 0.5) is 0 Å². The number of aromatic nitrogens is 1. The molecule has 2 aromatic carbocycles. The van der Waals surface area contributed by atoms with Gasteiger partial charge in [0, 0.05) is 29.2 Å². The Hall–Kier alpha value is -2.59. The maximum atomic E-state index is 12.1. The highest BCUT2D eigenvalue weighted by atomic mass is 16.3. The maximum Gasteiger partial charge on any atom is 0.251 e. The molecule has 0 aliphatic rings. The first-order chi connectivity index (χ1) is 10.3. The highest BCUT2D eigenvalue weighted by Gasteiger charge is 2.06. The van der Waals surface area contributed by atoms with Crippen LogP contribution < -0.4 is 5.32 Å². The minimum absolute atomic E-state index is 0.0311. The lowest BCUT2D eigenvalue weighted by molar-refractivity contribution is 0.0951. The Morgan fingerprint density at radius 3 is 2.57 bits per heavy atom. The number of rotatable bonds is 4. The van der Waals surface area contributed by atoms with Crippen molar-refractivity contribution in [3.63, 3.8) is 0 Å². The van der Waals surface area contributed by atoms with Gasteiger partial charge in [0.05, 0.1) is 6.61 Å². The molecule has 0 unspecified atom stereocenters. The average Bonchev–Trinajstić information content (AvgIpc) is 3.00. The van der Waals surface area contributed by atoms with E-state index in [9.17, 15) is 4.79 Å². The van der Waals surface area contributed by atoms with Crippen molar-refractivity contribution in [1.82, 2.24) is 10.3 Å². The number of benzene rings is 2. The van der Waals surface area contributed by atoms with E-state index in [4.69, 9.17) is 5.11 Å². The Labute approximate surface area is 122 Å². The lowest BCUT2D eigenvalue weighted by atomic mass is 10.1. The van der Waals surface area contributed by atoms with Gasteiger partial charge in [-0.2, -0.15) is 0 Å². The molecule has 0 bridgehead atoms. The van der Waals surface area contributed by atoms with Crippen molar-refractivity contribution in [3.8, 4) is 0 Å². The topological polar surface area (TPSA) is 65.1 Å². The Morgan fingerprint density at radius 2 is 1.81 bits per heavy atom. The van der Waals surface area contributed by atoms with Crippen LogP contribution in [0.1, 0.15) is 21.5 Å². The number of carbonyl (C=O) groups excluding carboxylic acids is 1. The smallest absolute Gasteiger partial charge is 0.251 e. The third kappa shape index (κ3) is 2.95. The van der Waals surface area contributed by atoms with Gasteiger partial charge in [-0.25, -0.2) is 0 Å². The molecule has 1 aromatic heterocycles. The molecule has 4 nitrogen and oxygen atoms in total. The first-order valence-electron chi connectivity index (χ1n) is 6.80. The van der Waals surface area contributed by atoms with Crippen LogP contribution in [0.25, 0.3) is 10.9 Å². The van der Waals surface area contributed by atoms with Crippen molar-refractivity contribution in [2.75, 3.05) is 0 Å². The van der Waals surface area contributed by atoms with Gasteiger partial charge in [-0.1, -0.05) is 24.3 Å². The number of aliphatic hydroxyl groups excluding tert-OH is 1. The second-order valence-electron chi connectivity index (χ2n) is 4.94. The highest BCUT2D eigenvalue weighted by Crippen LogP contribution is 2.14. The summed E-state index contributed by atoms with van der Waals surface area (Å²) >= 11 is 0. The van der Waals surface area contributed by atoms with Crippen molar-refractivity contribution < 1.29 is 9.90 Å². The average molecular weight is 280 g/mol. The zero-order chi connectivity index (χ0) is 14.7. The molecule has 21 heavy (non-hydrogen) atoms. The van der Waals surface area contributed by atoms with Crippen LogP contribution in [0.15, 0.2) is 54.7 Å². The summed E-state index contributed by atoms with van der Waals surface area (Å²) < 4.78 is 0. The van der Waals surface area contributed by atoms with E-state index in [2.05, 4.69) is 10.3 Å². The third-order valence-electron chi connectivity index (χ3n) is 3.47. The monoisotopic (exact) mass is 280 g/mol. The Kier molecular flexibility index (Phi) is 3.71. The summed E-state index contributed by atoms with van der Waals surface area (Å²) in [5.74, 6) is -0.0932. The van der Waals surface area contributed by atoms with Crippen LogP contribution in [-0.2, 0) is 13.2 Å². The number of carbonyl (C=O) groups is 1. The molecule has 0 radical (unpaired) electrons. The normalized spacial score (nSPS) is 10.7. The molecule has 0 aliphatic carbocycles. The minimum atomic E-state index is -0.0932. The van der Waals surface area contributed by atoms with Crippen LogP contribution in [0.5, 0.6) is 0 Å². The van der Waals surface area contributed by atoms with Crippen molar-refractivity contribution in [3.05, 3.63) is 71.4 Å². The van der Waals surface area contributed by atoms with Crippen LogP contribution in [0, 0.1) is 0 Å². The molecule has 3 rings (SSSR count). The number of H-pyrrole nitrogens is 1. The third-order valence-corrected chi connectivity index (χ3v) is 3.47. The summed E-state index contributed by atoms with van der Waals surface area (Å²) in [7, 11) is 0. The molecule has 1 amide bonds. The van der Waals surface area contributed by atoms with Gasteiger partial charge in [0.15, 0.2) is 0 Å². The molecule has 0 fully saturated rings. The predicted molar refractivity (Wildman–Crippen MR) is 81.8 cm³/mol. The van der Waals surface area contributed by atoms with Gasteiger partial charge in [0.1, 0.15) is 0 Å². The number of aliphatic hydroxyl groups is 1. The van der Waals surface area contributed by atoms with Gasteiger partial charge in [0.2, 0.25) is 0 Å². The van der Waals surface area contributed by atoms with E-state index in [1.165, 1.54) is 0 Å². The number of aromatic amines is 1. The van der Waals surface area contributed by atoms with Crippen LogP contribution in [0.3, 0.4) is 0 Å². The van der Waals surface area contributed by atoms with Crippen molar-refractivity contribution in [2.24, 2.45) is 0 Å². The second-order valence-corrected chi connectivity index (χ2v) is 4.94. The summed E-state index contributed by atoms with van der Waals surface area (Å²) in [5.41, 5.74) is 3.53. The van der Waals surface area contributed by atoms with Crippen LogP contribution in [0.2, 0.25) is 0 Å². The molecule has 106 valence electrons. The Bertz CT molecular complexity index is 760. The van der Waals surface area contributed by atoms with Gasteiger partial charge in [-0.3, -0.25) is 4.79 Å². The summed E-state index contributed by atoms with van der Waals surface area (Å²) in [6.07, 6.45) is 1.86. The lowest BCUT2D eigenvalue weighted by Crippen LogP contribution is -2.22. The van der Waals surface area contributed by atoms with E-state index in [0.29, 0.717) is 12.1 Å². The quantitative estimate of drug-likeness (QED) is 0.687. The zero-order valence-electron chi connectivity index (χ0n) is 11.5. The Morgan fingerprint density at radius 1 is 1.05 bits per heavy atom. The number of hydrogen-bond donors (Lipinski definition) is 3. The number of nitrogens with one attached hydrogen (secondary N) is 2. The molecule has 1 heterocycles. The molecule has 0 spiro atoms. The van der Waals surface area contributed by atoms with E-state index < -0.39 is 0 Å². The van der Waals surface area contributed by atoms with Crippen LogP contribution in [-0.4, -0.2) is 16.0 Å². The molecular weight excluding hydrogens is 264 g/mol. The number of amides is 1. The summed E-state index contributed by atoms with van der Waals surface area (Å²) in [5, 5.41) is 12.9. The van der Waals surface area contributed by atoms with Gasteiger partial charge in [0.25, 0.3) is 5.91 Å². The largest absolute Gasteiger partial charge is 0.392 e. The van der Waals surface area contributed by atoms with Gasteiger partial charge in [-0.05, 0) is 35.4 Å². The lowest BCUT2D eigenvalue weighted by Gasteiger charge is -2.06. The van der Waals surface area contributed by atoms with E-state index in [1.807, 2.05) is 54.7 Å². The molecule has 4 heteroatoms. The molecule has 0 saturated heterocycles. The first kappa shape index (κ1) is 13.4. The van der Waals surface area contributed by atoms with E-state index in [-0.39, 0.29) is 12.5 Å². The van der Waals surface area contributed by atoms with Crippen LogP contribution >= 0.6 is 0 Å². The molecule has 3 N–H and O–H groups in total. The number of hydrogen-bond acceptors (Lipinski definition) is 2. The summed E-state index contributed by atoms with van der Waals surface area (Å²) in [6.45, 7) is 0.499. The van der Waals surface area contributed by atoms with E-state index >= 15 is 0 Å². The van der Waals surface area contributed by atoms with E-state index in [0.717, 1.165) is 22.0 Å². The van der Waals surface area contributed by atoms with Crippen molar-refractivity contribution >= 4 is 16.8 Å². The van der Waals surface area contributed by atoms with E-state index in [1.54, 1.807) is 0 Å². The molecular formula is C17H16N2O2. The fourth-order valence-corrected chi connectivity index (χ4v) is 2.24. The fraction of sp³-hybridized carbons (Fsp3) is 0.118. The summed E-state index contributed by atoms with van der Waals surface area (Å²) in [6, 6.07) is 15.0. The second kappa shape index (κ2) is 5.81. The maximum absolute atomic E-state index is 12.1. The van der Waals surface area contributed by atoms with Gasteiger partial charge in [-0.15, -0.1) is 0 Å². The molecule has 0 saturated carbocycles. The van der Waals surface area contributed by atoms with Gasteiger partial charge >= 0.3 is 0 Å².